The van der Waals surface area contributed by atoms with Gasteiger partial charge in [0.15, 0.2) is 0 Å². The van der Waals surface area contributed by atoms with E-state index in [1.54, 1.807) is 42.5 Å². The lowest BCUT2D eigenvalue weighted by Gasteiger charge is -2.19. The summed E-state index contributed by atoms with van der Waals surface area (Å²) in [7, 11) is 0. The van der Waals surface area contributed by atoms with Crippen molar-refractivity contribution >= 4 is 58.2 Å². The summed E-state index contributed by atoms with van der Waals surface area (Å²) in [5, 5.41) is 13.4. The Balaban J connectivity index is 1.74. The van der Waals surface area contributed by atoms with Crippen LogP contribution in [0, 0.1) is 11.3 Å². The first-order valence-electron chi connectivity index (χ1n) is 11.3. The van der Waals surface area contributed by atoms with E-state index in [0.29, 0.717) is 38.8 Å². The Morgan fingerprint density at radius 2 is 1.69 bits per heavy atom. The number of nitrogens with one attached hydrogen (secondary N) is 1. The first-order chi connectivity index (χ1) is 17.3. The number of benzene rings is 3. The lowest BCUT2D eigenvalue weighted by molar-refractivity contribution is -0.117. The monoisotopic (exact) mass is 535 g/mol. The number of thioether (sulfide) groups is 1. The van der Waals surface area contributed by atoms with Crippen LogP contribution in [0.4, 0.5) is 11.4 Å². The highest BCUT2D eigenvalue weighted by molar-refractivity contribution is 8.05. The topological polar surface area (TPSA) is 73.2 Å². The number of amides is 2. The van der Waals surface area contributed by atoms with Crippen molar-refractivity contribution < 1.29 is 9.59 Å². The number of hydrogen-bond donors (Lipinski definition) is 1. The third kappa shape index (κ3) is 5.76. The fourth-order valence-corrected chi connectivity index (χ4v) is 5.77. The zero-order chi connectivity index (χ0) is 25.8. The molecule has 1 aliphatic rings. The SMILES string of the molecule is CC(C)c1ccc(N2C(=O)C(Cc3cc(Cl)cc(Cl)c3)S/C2=C(/C#N)C(=O)Nc2ccccc2)cc1. The van der Waals surface area contributed by atoms with E-state index in [9.17, 15) is 14.9 Å². The van der Waals surface area contributed by atoms with Crippen LogP contribution in [0.1, 0.15) is 30.9 Å². The van der Waals surface area contributed by atoms with Crippen LogP contribution in [0.5, 0.6) is 0 Å². The number of nitriles is 1. The fourth-order valence-electron chi connectivity index (χ4n) is 3.89. The van der Waals surface area contributed by atoms with Gasteiger partial charge in [-0.1, -0.05) is 79.1 Å². The van der Waals surface area contributed by atoms with Crippen molar-refractivity contribution in [2.75, 3.05) is 10.2 Å². The maximum absolute atomic E-state index is 13.7. The quantitative estimate of drug-likeness (QED) is 0.268. The van der Waals surface area contributed by atoms with E-state index in [4.69, 9.17) is 23.2 Å². The Hall–Kier alpha value is -3.24. The molecule has 1 fully saturated rings. The van der Waals surface area contributed by atoms with Gasteiger partial charge in [0.2, 0.25) is 5.91 Å². The maximum Gasteiger partial charge on any atom is 0.269 e. The molecule has 8 heteroatoms. The van der Waals surface area contributed by atoms with Gasteiger partial charge in [0, 0.05) is 21.4 Å². The highest BCUT2D eigenvalue weighted by Gasteiger charge is 2.41. The zero-order valence-corrected chi connectivity index (χ0v) is 22.0. The number of anilines is 2. The second-order valence-corrected chi connectivity index (χ2v) is 10.7. The van der Waals surface area contributed by atoms with Crippen LogP contribution in [0.15, 0.2) is 83.4 Å². The lowest BCUT2D eigenvalue weighted by atomic mass is 10.0. The Morgan fingerprint density at radius 1 is 1.06 bits per heavy atom. The van der Waals surface area contributed by atoms with Crippen molar-refractivity contribution in [2.24, 2.45) is 0 Å². The standard InChI is InChI=1S/C28H23Cl2N3O2S/c1-17(2)19-8-10-23(11-9-19)33-27(35)25(14-18-12-20(29)15-21(30)13-18)36-28(33)24(16-31)26(34)32-22-6-4-3-5-7-22/h3-13,15,17,25H,14H2,1-2H3,(H,32,34)/b28-24-. The summed E-state index contributed by atoms with van der Waals surface area (Å²) in [5.41, 5.74) is 2.94. The summed E-state index contributed by atoms with van der Waals surface area (Å²) < 4.78 is 0. The molecule has 0 saturated carbocycles. The molecule has 182 valence electrons. The molecule has 1 atom stereocenters. The van der Waals surface area contributed by atoms with Gasteiger partial charge in [0.25, 0.3) is 5.91 Å². The molecule has 1 saturated heterocycles. The van der Waals surface area contributed by atoms with Crippen molar-refractivity contribution in [1.29, 1.82) is 5.26 Å². The molecular weight excluding hydrogens is 513 g/mol. The van der Waals surface area contributed by atoms with E-state index in [-0.39, 0.29) is 11.5 Å². The van der Waals surface area contributed by atoms with Crippen LogP contribution in [-0.2, 0) is 16.0 Å². The van der Waals surface area contributed by atoms with E-state index in [2.05, 4.69) is 19.2 Å². The summed E-state index contributed by atoms with van der Waals surface area (Å²) in [5.74, 6) is -0.470. The van der Waals surface area contributed by atoms with Crippen molar-refractivity contribution in [3.05, 3.63) is 105 Å². The molecule has 0 aliphatic carbocycles. The predicted molar refractivity (Wildman–Crippen MR) is 147 cm³/mol. The van der Waals surface area contributed by atoms with Gasteiger partial charge in [-0.3, -0.25) is 14.5 Å². The Labute approximate surface area is 224 Å². The summed E-state index contributed by atoms with van der Waals surface area (Å²) >= 11 is 13.5. The lowest BCUT2D eigenvalue weighted by Crippen LogP contribution is -2.31. The first-order valence-corrected chi connectivity index (χ1v) is 13.0. The summed E-state index contributed by atoms with van der Waals surface area (Å²) in [6.45, 7) is 4.18. The third-order valence-electron chi connectivity index (χ3n) is 5.70. The number of nitrogens with zero attached hydrogens (tertiary/aromatic N) is 2. The molecule has 0 aromatic heterocycles. The smallest absolute Gasteiger partial charge is 0.269 e. The molecule has 1 aliphatic heterocycles. The van der Waals surface area contributed by atoms with E-state index < -0.39 is 11.2 Å². The molecule has 0 radical (unpaired) electrons. The van der Waals surface area contributed by atoms with Gasteiger partial charge in [-0.15, -0.1) is 0 Å². The van der Waals surface area contributed by atoms with E-state index in [0.717, 1.165) is 11.1 Å². The van der Waals surface area contributed by atoms with Crippen molar-refractivity contribution in [2.45, 2.75) is 31.4 Å². The van der Waals surface area contributed by atoms with Gasteiger partial charge in [-0.2, -0.15) is 5.26 Å². The number of rotatable bonds is 6. The minimum absolute atomic E-state index is 0.128. The minimum Gasteiger partial charge on any atom is -0.321 e. The largest absolute Gasteiger partial charge is 0.321 e. The van der Waals surface area contributed by atoms with Crippen LogP contribution < -0.4 is 10.2 Å². The van der Waals surface area contributed by atoms with E-state index in [1.807, 2.05) is 36.4 Å². The van der Waals surface area contributed by atoms with Crippen LogP contribution >= 0.6 is 35.0 Å². The van der Waals surface area contributed by atoms with Crippen LogP contribution in [0.3, 0.4) is 0 Å². The van der Waals surface area contributed by atoms with Gasteiger partial charge in [-0.25, -0.2) is 0 Å². The molecule has 3 aromatic rings. The molecule has 0 bridgehead atoms. The zero-order valence-electron chi connectivity index (χ0n) is 19.7. The van der Waals surface area contributed by atoms with Crippen LogP contribution in [0.25, 0.3) is 0 Å². The Bertz CT molecular complexity index is 1350. The molecule has 36 heavy (non-hydrogen) atoms. The van der Waals surface area contributed by atoms with E-state index >= 15 is 0 Å². The molecule has 1 heterocycles. The summed E-state index contributed by atoms with van der Waals surface area (Å²) in [6.07, 6.45) is 0.340. The molecule has 3 aromatic carbocycles. The average molecular weight is 536 g/mol. The highest BCUT2D eigenvalue weighted by atomic mass is 35.5. The number of carbonyl (C=O) groups is 2. The van der Waals surface area contributed by atoms with E-state index in [1.165, 1.54) is 16.7 Å². The molecule has 1 unspecified atom stereocenters. The second-order valence-electron chi connectivity index (χ2n) is 8.62. The molecule has 1 N–H and O–H groups in total. The number of carbonyl (C=O) groups excluding carboxylic acids is 2. The fraction of sp³-hybridized carbons (Fsp3) is 0.179. The molecule has 5 nitrogen and oxygen atoms in total. The molecule has 4 rings (SSSR count). The summed E-state index contributed by atoms with van der Waals surface area (Å²) in [6, 6.07) is 23.7. The maximum atomic E-state index is 13.7. The molecular formula is C28H23Cl2N3O2S. The summed E-state index contributed by atoms with van der Waals surface area (Å²) in [4.78, 5) is 28.3. The van der Waals surface area contributed by atoms with Crippen LogP contribution in [0.2, 0.25) is 10.0 Å². The molecule has 0 spiro atoms. The van der Waals surface area contributed by atoms with Crippen LogP contribution in [-0.4, -0.2) is 17.1 Å². The van der Waals surface area contributed by atoms with Crippen molar-refractivity contribution in [1.82, 2.24) is 0 Å². The predicted octanol–water partition coefficient (Wildman–Crippen LogP) is 7.18. The first kappa shape index (κ1) is 25.8. The van der Waals surface area contributed by atoms with Crippen molar-refractivity contribution in [3.63, 3.8) is 0 Å². The Morgan fingerprint density at radius 3 is 2.28 bits per heavy atom. The Kier molecular flexibility index (Phi) is 8.05. The normalized spacial score (nSPS) is 16.7. The highest BCUT2D eigenvalue weighted by Crippen LogP contribution is 2.42. The average Bonchev–Trinajstić information content (AvgIpc) is 3.14. The van der Waals surface area contributed by atoms with Gasteiger partial charge in [0.05, 0.1) is 5.25 Å². The van der Waals surface area contributed by atoms with Gasteiger partial charge in [-0.05, 0) is 65.9 Å². The third-order valence-corrected chi connectivity index (χ3v) is 7.40. The van der Waals surface area contributed by atoms with Gasteiger partial charge < -0.3 is 5.32 Å². The number of hydrogen-bond acceptors (Lipinski definition) is 4. The molecule has 2 amide bonds. The van der Waals surface area contributed by atoms with Gasteiger partial charge >= 0.3 is 0 Å². The minimum atomic E-state index is -0.575. The number of para-hydroxylation sites is 1. The van der Waals surface area contributed by atoms with Gasteiger partial charge in [0.1, 0.15) is 16.7 Å². The second kappa shape index (κ2) is 11.2. The number of halogens is 2. The van der Waals surface area contributed by atoms with Crippen molar-refractivity contribution in [3.8, 4) is 6.07 Å².